The van der Waals surface area contributed by atoms with Crippen LogP contribution in [0.5, 0.6) is 0 Å². The van der Waals surface area contributed by atoms with Crippen molar-refractivity contribution in [3.63, 3.8) is 0 Å². The maximum Gasteiger partial charge on any atom is 0.335 e. The average Bonchev–Trinajstić information content (AvgIpc) is 2.44. The van der Waals surface area contributed by atoms with Crippen LogP contribution >= 0.6 is 0 Å². The number of rotatable bonds is 9. The van der Waals surface area contributed by atoms with Crippen molar-refractivity contribution in [2.45, 2.75) is 31.6 Å². The van der Waals surface area contributed by atoms with E-state index in [0.29, 0.717) is 12.5 Å². The van der Waals surface area contributed by atoms with Gasteiger partial charge in [-0.25, -0.2) is 13.2 Å². The van der Waals surface area contributed by atoms with Crippen molar-refractivity contribution < 1.29 is 23.1 Å². The van der Waals surface area contributed by atoms with Crippen LogP contribution in [0.4, 0.5) is 0 Å². The van der Waals surface area contributed by atoms with Crippen LogP contribution in [0.15, 0.2) is 29.2 Å². The lowest BCUT2D eigenvalue weighted by Crippen LogP contribution is -2.15. The van der Waals surface area contributed by atoms with Crippen molar-refractivity contribution >= 4 is 15.8 Å². The van der Waals surface area contributed by atoms with Gasteiger partial charge in [0.1, 0.15) is 0 Å². The zero-order chi connectivity index (χ0) is 15.9. The predicted molar refractivity (Wildman–Crippen MR) is 80.3 cm³/mol. The van der Waals surface area contributed by atoms with Crippen LogP contribution < -0.4 is 0 Å². The third-order valence-corrected chi connectivity index (χ3v) is 4.80. The Morgan fingerprint density at radius 3 is 2.71 bits per heavy atom. The van der Waals surface area contributed by atoms with Crippen molar-refractivity contribution in [2.24, 2.45) is 5.92 Å². The van der Waals surface area contributed by atoms with Gasteiger partial charge in [-0.15, -0.1) is 0 Å². The highest BCUT2D eigenvalue weighted by Crippen LogP contribution is 2.14. The van der Waals surface area contributed by atoms with Crippen molar-refractivity contribution in [1.82, 2.24) is 0 Å². The molecule has 0 amide bonds. The van der Waals surface area contributed by atoms with Crippen LogP contribution in [0.2, 0.25) is 0 Å². The molecular weight excluding hydrogens is 292 g/mol. The summed E-state index contributed by atoms with van der Waals surface area (Å²) in [6.07, 6.45) is 2.12. The number of benzene rings is 1. The fraction of sp³-hybridized carbons (Fsp3) is 0.533. The molecule has 21 heavy (non-hydrogen) atoms. The summed E-state index contributed by atoms with van der Waals surface area (Å²) in [5.41, 5.74) is -0.0337. The van der Waals surface area contributed by atoms with Crippen LogP contribution in [0.1, 0.15) is 37.0 Å². The first-order chi connectivity index (χ1) is 9.86. The van der Waals surface area contributed by atoms with E-state index < -0.39 is 15.8 Å². The van der Waals surface area contributed by atoms with Gasteiger partial charge in [0.15, 0.2) is 9.84 Å². The summed E-state index contributed by atoms with van der Waals surface area (Å²) >= 11 is 0. The fourth-order valence-corrected chi connectivity index (χ4v) is 3.14. The summed E-state index contributed by atoms with van der Waals surface area (Å²) in [6.45, 7) is 4.82. The number of carbonyl (C=O) groups is 1. The highest BCUT2D eigenvalue weighted by Gasteiger charge is 2.16. The van der Waals surface area contributed by atoms with E-state index in [2.05, 4.69) is 13.8 Å². The summed E-state index contributed by atoms with van der Waals surface area (Å²) in [7, 11) is -3.51. The lowest BCUT2D eigenvalue weighted by Gasteiger charge is -2.11. The van der Waals surface area contributed by atoms with E-state index in [4.69, 9.17) is 9.84 Å². The molecule has 0 heterocycles. The molecule has 1 aromatic carbocycles. The van der Waals surface area contributed by atoms with Crippen molar-refractivity contribution in [1.29, 1.82) is 0 Å². The van der Waals surface area contributed by atoms with Gasteiger partial charge in [-0.2, -0.15) is 0 Å². The topological polar surface area (TPSA) is 80.7 Å². The van der Waals surface area contributed by atoms with Gasteiger partial charge < -0.3 is 9.84 Å². The van der Waals surface area contributed by atoms with Crippen LogP contribution in [0.25, 0.3) is 0 Å². The third-order valence-electron chi connectivity index (χ3n) is 3.12. The van der Waals surface area contributed by atoms with Crippen LogP contribution in [0, 0.1) is 5.92 Å². The predicted octanol–water partition coefficient (Wildman–Crippen LogP) is 2.61. The molecule has 0 aromatic heterocycles. The molecule has 1 N–H and O–H groups in total. The van der Waals surface area contributed by atoms with E-state index in [1.54, 1.807) is 0 Å². The van der Waals surface area contributed by atoms with Crippen molar-refractivity contribution in [2.75, 3.05) is 19.0 Å². The van der Waals surface area contributed by atoms with E-state index in [-0.39, 0.29) is 22.8 Å². The molecule has 1 rings (SSSR count). The normalized spacial score (nSPS) is 13.0. The molecule has 1 atom stereocenters. The Kier molecular flexibility index (Phi) is 6.84. The SMILES string of the molecule is CCCC(C)COCCS(=O)(=O)c1cccc(C(=O)O)c1. The van der Waals surface area contributed by atoms with Crippen molar-refractivity contribution in [3.8, 4) is 0 Å². The fourth-order valence-electron chi connectivity index (χ4n) is 1.97. The van der Waals surface area contributed by atoms with Gasteiger partial charge in [0.2, 0.25) is 0 Å². The van der Waals surface area contributed by atoms with E-state index >= 15 is 0 Å². The Hall–Kier alpha value is -1.40. The molecule has 0 aliphatic heterocycles. The summed E-state index contributed by atoms with van der Waals surface area (Å²) in [4.78, 5) is 10.9. The Morgan fingerprint density at radius 2 is 2.10 bits per heavy atom. The second-order valence-electron chi connectivity index (χ2n) is 5.12. The number of carboxylic acids is 1. The molecule has 0 saturated heterocycles. The highest BCUT2D eigenvalue weighted by atomic mass is 32.2. The minimum absolute atomic E-state index is 0.0209. The zero-order valence-corrected chi connectivity index (χ0v) is 13.2. The second kappa shape index (κ2) is 8.14. The average molecular weight is 314 g/mol. The third kappa shape index (κ3) is 5.85. The monoisotopic (exact) mass is 314 g/mol. The minimum atomic E-state index is -3.51. The molecule has 0 aliphatic carbocycles. The van der Waals surface area contributed by atoms with Crippen LogP contribution in [-0.2, 0) is 14.6 Å². The molecule has 0 aliphatic rings. The maximum absolute atomic E-state index is 12.1. The number of carboxylic acid groups (broad SMARTS) is 1. The highest BCUT2D eigenvalue weighted by molar-refractivity contribution is 7.91. The van der Waals surface area contributed by atoms with E-state index in [9.17, 15) is 13.2 Å². The second-order valence-corrected chi connectivity index (χ2v) is 7.23. The summed E-state index contributed by atoms with van der Waals surface area (Å²) in [5.74, 6) is -0.876. The molecule has 1 aromatic rings. The largest absolute Gasteiger partial charge is 0.478 e. The Balaban J connectivity index is 2.58. The molecular formula is C15H22O5S. The summed E-state index contributed by atoms with van der Waals surface area (Å²) in [6, 6.07) is 5.38. The standard InChI is InChI=1S/C15H22O5S/c1-3-5-12(2)11-20-8-9-21(18,19)14-7-4-6-13(10-14)15(16)17/h4,6-7,10,12H,3,5,8-9,11H2,1-2H3,(H,16,17). The van der Waals surface area contributed by atoms with E-state index in [1.807, 2.05) is 0 Å². The Morgan fingerprint density at radius 1 is 1.38 bits per heavy atom. The molecule has 0 saturated carbocycles. The molecule has 0 spiro atoms. The van der Waals surface area contributed by atoms with Crippen molar-refractivity contribution in [3.05, 3.63) is 29.8 Å². The van der Waals surface area contributed by atoms with Gasteiger partial charge in [0.25, 0.3) is 0 Å². The molecule has 6 heteroatoms. The molecule has 5 nitrogen and oxygen atoms in total. The molecule has 118 valence electrons. The first-order valence-electron chi connectivity index (χ1n) is 7.00. The van der Waals surface area contributed by atoms with E-state index in [0.717, 1.165) is 12.8 Å². The number of ether oxygens (including phenoxy) is 1. The zero-order valence-electron chi connectivity index (χ0n) is 12.4. The summed E-state index contributed by atoms with van der Waals surface area (Å²) in [5, 5.41) is 8.88. The first kappa shape index (κ1) is 17.7. The van der Waals surface area contributed by atoms with Crippen LogP contribution in [-0.4, -0.2) is 38.5 Å². The number of hydrogen-bond donors (Lipinski definition) is 1. The number of aromatic carboxylic acids is 1. The van der Waals surface area contributed by atoms with Gasteiger partial charge in [0.05, 0.1) is 22.8 Å². The van der Waals surface area contributed by atoms with Crippen LogP contribution in [0.3, 0.4) is 0 Å². The molecule has 1 unspecified atom stereocenters. The maximum atomic E-state index is 12.1. The minimum Gasteiger partial charge on any atom is -0.478 e. The van der Waals surface area contributed by atoms with Gasteiger partial charge in [0, 0.05) is 6.61 Å². The first-order valence-corrected chi connectivity index (χ1v) is 8.66. The van der Waals surface area contributed by atoms with E-state index in [1.165, 1.54) is 24.3 Å². The Labute approximate surface area is 125 Å². The molecule has 0 fully saturated rings. The number of sulfone groups is 1. The number of hydrogen-bond acceptors (Lipinski definition) is 4. The smallest absolute Gasteiger partial charge is 0.335 e. The summed E-state index contributed by atoms with van der Waals surface area (Å²) < 4.78 is 29.6. The Bertz CT molecular complexity index is 565. The van der Waals surface area contributed by atoms with Gasteiger partial charge in [-0.05, 0) is 30.5 Å². The van der Waals surface area contributed by atoms with Gasteiger partial charge in [-0.1, -0.05) is 26.3 Å². The lowest BCUT2D eigenvalue weighted by molar-refractivity contribution is 0.0696. The molecule has 0 radical (unpaired) electrons. The lowest BCUT2D eigenvalue weighted by atomic mass is 10.1. The van der Waals surface area contributed by atoms with Gasteiger partial charge in [-0.3, -0.25) is 0 Å². The quantitative estimate of drug-likeness (QED) is 0.709. The van der Waals surface area contributed by atoms with Gasteiger partial charge >= 0.3 is 5.97 Å². The molecule has 0 bridgehead atoms.